The number of carbonyl (C=O) groups excluding carboxylic acids is 4. The summed E-state index contributed by atoms with van der Waals surface area (Å²) in [5.41, 5.74) is 0. The molecule has 552 valence electrons. The smallest absolute Gasteiger partial charge is 0.462 e. The highest BCUT2D eigenvalue weighted by Gasteiger charge is 2.30. The molecule has 0 rings (SSSR count). The third kappa shape index (κ3) is 67.0. The van der Waals surface area contributed by atoms with Crippen molar-refractivity contribution in [2.45, 2.75) is 400 Å². The van der Waals surface area contributed by atoms with Crippen LogP contribution >= 0.6 is 15.6 Å². The zero-order valence-electron chi connectivity index (χ0n) is 60.6. The number of hydrogen-bond donors (Lipinski definition) is 3. The van der Waals surface area contributed by atoms with Gasteiger partial charge in [-0.1, -0.05) is 330 Å². The minimum atomic E-state index is -4.96. The van der Waals surface area contributed by atoms with Crippen LogP contribution in [-0.2, 0) is 65.4 Å². The van der Waals surface area contributed by atoms with Crippen molar-refractivity contribution >= 4 is 39.5 Å². The zero-order valence-corrected chi connectivity index (χ0v) is 62.3. The van der Waals surface area contributed by atoms with Crippen LogP contribution in [0.25, 0.3) is 0 Å². The average molecular weight is 1370 g/mol. The molecule has 0 fully saturated rings. The predicted molar refractivity (Wildman–Crippen MR) is 377 cm³/mol. The number of ether oxygens (including phenoxy) is 4. The van der Waals surface area contributed by atoms with Crippen LogP contribution in [0.3, 0.4) is 0 Å². The van der Waals surface area contributed by atoms with E-state index in [1.165, 1.54) is 199 Å². The molecule has 0 aromatic carbocycles. The summed E-state index contributed by atoms with van der Waals surface area (Å²) in [6, 6.07) is 0. The van der Waals surface area contributed by atoms with Crippen LogP contribution in [0.1, 0.15) is 382 Å². The molecule has 6 atom stereocenters. The van der Waals surface area contributed by atoms with Crippen LogP contribution in [0, 0.1) is 11.8 Å². The Morgan fingerprint density at radius 1 is 0.312 bits per heavy atom. The predicted octanol–water partition coefficient (Wildman–Crippen LogP) is 21.6. The maximum absolute atomic E-state index is 13.1. The molecular weight excluding hydrogens is 1220 g/mol. The minimum Gasteiger partial charge on any atom is -0.462 e. The Kier molecular flexibility index (Phi) is 64.6. The van der Waals surface area contributed by atoms with E-state index in [1.54, 1.807) is 0 Å². The molecule has 0 saturated carbocycles. The standard InChI is InChI=1S/C74H144O17P2/c1-7-10-12-14-16-18-20-27-31-38-44-50-56-71(76)84-62-69(90-73(78)58-52-46-40-32-28-21-19-17-15-13-11-8-2)64-88-92(80,81)86-60-68(75)61-87-93(82,83)89-65-70(63-85-72(77)57-51-45-39-35-34-37-43-49-55-67(6)9-3)91-74(79)59-53-47-41-33-29-25-23-22-24-26-30-36-42-48-54-66(4)5/h66-70,75H,7-65H2,1-6H3,(H,80,81)(H,82,83)/t67?,68-,69+,70+/m0/s1. The minimum absolute atomic E-state index is 0.107. The molecule has 3 unspecified atom stereocenters. The third-order valence-electron chi connectivity index (χ3n) is 17.6. The van der Waals surface area contributed by atoms with Crippen molar-refractivity contribution in [2.24, 2.45) is 11.8 Å². The highest BCUT2D eigenvalue weighted by Crippen LogP contribution is 2.45. The first kappa shape index (κ1) is 91.1. The second kappa shape index (κ2) is 66.0. The maximum atomic E-state index is 13.1. The van der Waals surface area contributed by atoms with E-state index >= 15 is 0 Å². The van der Waals surface area contributed by atoms with Crippen molar-refractivity contribution in [2.75, 3.05) is 39.6 Å². The molecule has 3 N–H and O–H groups in total. The van der Waals surface area contributed by atoms with Crippen LogP contribution in [-0.4, -0.2) is 96.7 Å². The second-order valence-corrected chi connectivity index (χ2v) is 30.3. The molecule has 0 saturated heterocycles. The van der Waals surface area contributed by atoms with Crippen LogP contribution in [0.15, 0.2) is 0 Å². The fourth-order valence-corrected chi connectivity index (χ4v) is 12.8. The summed E-state index contributed by atoms with van der Waals surface area (Å²) in [6.07, 6.45) is 52.5. The van der Waals surface area contributed by atoms with E-state index in [0.717, 1.165) is 102 Å². The molecule has 0 aromatic rings. The van der Waals surface area contributed by atoms with Gasteiger partial charge in [0.25, 0.3) is 0 Å². The molecule has 0 aliphatic rings. The summed E-state index contributed by atoms with van der Waals surface area (Å²) in [5.74, 6) is -0.544. The summed E-state index contributed by atoms with van der Waals surface area (Å²) >= 11 is 0. The van der Waals surface area contributed by atoms with Crippen molar-refractivity contribution in [3.05, 3.63) is 0 Å². The number of aliphatic hydroxyl groups excluding tert-OH is 1. The van der Waals surface area contributed by atoms with E-state index in [1.807, 2.05) is 0 Å². The van der Waals surface area contributed by atoms with Gasteiger partial charge in [-0.3, -0.25) is 37.3 Å². The number of esters is 4. The fourth-order valence-electron chi connectivity index (χ4n) is 11.3. The normalized spacial score (nSPS) is 14.3. The molecule has 0 aliphatic heterocycles. The first-order chi connectivity index (χ1) is 44.9. The third-order valence-corrected chi connectivity index (χ3v) is 19.5. The second-order valence-electron chi connectivity index (χ2n) is 27.4. The van der Waals surface area contributed by atoms with E-state index in [4.69, 9.17) is 37.0 Å². The van der Waals surface area contributed by atoms with Crippen molar-refractivity contribution < 1.29 is 80.2 Å². The Labute approximate surface area is 568 Å². The van der Waals surface area contributed by atoms with Crippen LogP contribution < -0.4 is 0 Å². The first-order valence-corrected chi connectivity index (χ1v) is 41.5. The lowest BCUT2D eigenvalue weighted by molar-refractivity contribution is -0.161. The van der Waals surface area contributed by atoms with Gasteiger partial charge < -0.3 is 33.8 Å². The number of hydrogen-bond acceptors (Lipinski definition) is 15. The topological polar surface area (TPSA) is 237 Å². The van der Waals surface area contributed by atoms with Crippen LogP contribution in [0.5, 0.6) is 0 Å². The molecule has 0 amide bonds. The largest absolute Gasteiger partial charge is 0.472 e. The number of aliphatic hydroxyl groups is 1. The fraction of sp³-hybridized carbons (Fsp3) is 0.946. The number of phosphoric acid groups is 2. The monoisotopic (exact) mass is 1370 g/mol. The lowest BCUT2D eigenvalue weighted by Crippen LogP contribution is -2.30. The molecule has 0 bridgehead atoms. The highest BCUT2D eigenvalue weighted by molar-refractivity contribution is 7.47. The molecule has 19 heteroatoms. The number of unbranched alkanes of at least 4 members (excludes halogenated alkanes) is 42. The highest BCUT2D eigenvalue weighted by atomic mass is 31.2. The van der Waals surface area contributed by atoms with Gasteiger partial charge in [0, 0.05) is 25.7 Å². The molecule has 0 radical (unpaired) electrons. The Balaban J connectivity index is 5.25. The Bertz CT molecular complexity index is 1810. The van der Waals surface area contributed by atoms with E-state index in [9.17, 15) is 43.2 Å². The Morgan fingerprint density at radius 3 is 0.817 bits per heavy atom. The zero-order chi connectivity index (χ0) is 68.6. The van der Waals surface area contributed by atoms with Gasteiger partial charge in [0.1, 0.15) is 19.3 Å². The summed E-state index contributed by atoms with van der Waals surface area (Å²) in [6.45, 7) is 9.61. The number of phosphoric ester groups is 2. The van der Waals surface area contributed by atoms with Gasteiger partial charge in [0.05, 0.1) is 26.4 Å². The van der Waals surface area contributed by atoms with Gasteiger partial charge in [-0.25, -0.2) is 9.13 Å². The summed E-state index contributed by atoms with van der Waals surface area (Å²) in [5, 5.41) is 10.6. The average Bonchev–Trinajstić information content (AvgIpc) is 2.60. The van der Waals surface area contributed by atoms with E-state index in [-0.39, 0.29) is 25.7 Å². The number of carbonyl (C=O) groups is 4. The summed E-state index contributed by atoms with van der Waals surface area (Å²) < 4.78 is 68.5. The Hall–Kier alpha value is -1.94. The van der Waals surface area contributed by atoms with Crippen LogP contribution in [0.2, 0.25) is 0 Å². The van der Waals surface area contributed by atoms with E-state index < -0.39 is 97.5 Å². The molecular formula is C74H144O17P2. The van der Waals surface area contributed by atoms with Crippen molar-refractivity contribution in [1.82, 2.24) is 0 Å². The molecule has 93 heavy (non-hydrogen) atoms. The van der Waals surface area contributed by atoms with Crippen molar-refractivity contribution in [3.8, 4) is 0 Å². The maximum Gasteiger partial charge on any atom is 0.472 e. The molecule has 0 aromatic heterocycles. The van der Waals surface area contributed by atoms with Crippen molar-refractivity contribution in [3.63, 3.8) is 0 Å². The SMILES string of the molecule is CCCCCCCCCCCCCCC(=O)OC[C@H](COP(=O)(O)OC[C@H](O)COP(=O)(O)OC[C@@H](COC(=O)CCCCCCCCCCC(C)CC)OC(=O)CCCCCCCCCCCCCCCCC(C)C)OC(=O)CCCCCCCCCCCCCC. The lowest BCUT2D eigenvalue weighted by Gasteiger charge is -2.21. The molecule has 0 aliphatic carbocycles. The molecule has 17 nitrogen and oxygen atoms in total. The Morgan fingerprint density at radius 2 is 0.548 bits per heavy atom. The van der Waals surface area contributed by atoms with Crippen molar-refractivity contribution in [1.29, 1.82) is 0 Å². The van der Waals surface area contributed by atoms with Gasteiger partial charge in [0.15, 0.2) is 12.2 Å². The van der Waals surface area contributed by atoms with Gasteiger partial charge in [-0.2, -0.15) is 0 Å². The summed E-state index contributed by atoms with van der Waals surface area (Å²) in [4.78, 5) is 72.7. The quantitative estimate of drug-likeness (QED) is 0.0222. The van der Waals surface area contributed by atoms with Gasteiger partial charge in [-0.15, -0.1) is 0 Å². The van der Waals surface area contributed by atoms with E-state index in [2.05, 4.69) is 41.5 Å². The van der Waals surface area contributed by atoms with E-state index in [0.29, 0.717) is 25.7 Å². The molecule has 0 spiro atoms. The molecule has 0 heterocycles. The first-order valence-electron chi connectivity index (χ1n) is 38.5. The van der Waals surface area contributed by atoms with Gasteiger partial charge in [-0.05, 0) is 37.5 Å². The van der Waals surface area contributed by atoms with Gasteiger partial charge >= 0.3 is 39.5 Å². The summed E-state index contributed by atoms with van der Waals surface area (Å²) in [7, 11) is -9.91. The van der Waals surface area contributed by atoms with Crippen LogP contribution in [0.4, 0.5) is 0 Å². The van der Waals surface area contributed by atoms with Gasteiger partial charge in [0.2, 0.25) is 0 Å². The lowest BCUT2D eigenvalue weighted by atomic mass is 9.99. The number of rotatable bonds is 73.